The van der Waals surface area contributed by atoms with Crippen LogP contribution in [-0.4, -0.2) is 11.6 Å². The molecule has 2 bridgehead atoms. The van der Waals surface area contributed by atoms with Crippen LogP contribution in [0.5, 0.6) is 0 Å². The molecule has 134 valence electrons. The third-order valence-electron chi connectivity index (χ3n) is 6.04. The van der Waals surface area contributed by atoms with Crippen LogP contribution in [0.2, 0.25) is 10.0 Å². The van der Waals surface area contributed by atoms with Crippen LogP contribution >= 0.6 is 23.2 Å². The summed E-state index contributed by atoms with van der Waals surface area (Å²) in [7, 11) is 0. The largest absolute Gasteiger partial charge is 0.293 e. The van der Waals surface area contributed by atoms with Crippen LogP contribution in [0.25, 0.3) is 0 Å². The molecular formula is C22H20Cl2O2. The Balaban J connectivity index is 1.69. The molecular weight excluding hydrogens is 367 g/mol. The van der Waals surface area contributed by atoms with Crippen molar-refractivity contribution >= 4 is 34.8 Å². The summed E-state index contributed by atoms with van der Waals surface area (Å²) < 4.78 is 0. The van der Waals surface area contributed by atoms with Crippen LogP contribution in [0.3, 0.4) is 0 Å². The van der Waals surface area contributed by atoms with Gasteiger partial charge in [-0.15, -0.1) is 0 Å². The van der Waals surface area contributed by atoms with E-state index in [9.17, 15) is 9.59 Å². The highest BCUT2D eigenvalue weighted by Gasteiger charge is 2.47. The summed E-state index contributed by atoms with van der Waals surface area (Å²) >= 11 is 11.9. The highest BCUT2D eigenvalue weighted by Crippen LogP contribution is 2.52. The third-order valence-corrected chi connectivity index (χ3v) is 6.55. The average molecular weight is 387 g/mol. The second-order valence-corrected chi connectivity index (χ2v) is 8.43. The van der Waals surface area contributed by atoms with E-state index >= 15 is 0 Å². The van der Waals surface area contributed by atoms with Gasteiger partial charge >= 0.3 is 0 Å². The third kappa shape index (κ3) is 3.33. The lowest BCUT2D eigenvalue weighted by Crippen LogP contribution is -2.34. The Bertz CT molecular complexity index is 769. The molecule has 2 aliphatic carbocycles. The van der Waals surface area contributed by atoms with Crippen molar-refractivity contribution in [3.8, 4) is 0 Å². The van der Waals surface area contributed by atoms with Gasteiger partial charge in [-0.25, -0.2) is 0 Å². The second-order valence-electron chi connectivity index (χ2n) is 7.56. The van der Waals surface area contributed by atoms with Crippen molar-refractivity contribution in [2.75, 3.05) is 0 Å². The van der Waals surface area contributed by atoms with Gasteiger partial charge in [0.15, 0.2) is 11.6 Å². The number of carbonyl (C=O) groups excluding carboxylic acids is 2. The lowest BCUT2D eigenvalue weighted by molar-refractivity contribution is 0.0709. The van der Waals surface area contributed by atoms with E-state index in [0.29, 0.717) is 33.0 Å². The number of fused-ring (bicyclic) bond motifs is 2. The fraction of sp³-hybridized carbons (Fsp3) is 0.364. The number of hydrogen-bond acceptors (Lipinski definition) is 2. The minimum atomic E-state index is -0.618. The summed E-state index contributed by atoms with van der Waals surface area (Å²) in [5.74, 6) is 0.507. The van der Waals surface area contributed by atoms with Gasteiger partial charge in [0.05, 0.1) is 5.92 Å². The number of benzene rings is 2. The van der Waals surface area contributed by atoms with Crippen molar-refractivity contribution in [2.24, 2.45) is 23.7 Å². The van der Waals surface area contributed by atoms with Crippen molar-refractivity contribution in [3.63, 3.8) is 0 Å². The molecule has 4 rings (SSSR count). The average Bonchev–Trinajstić information content (AvgIpc) is 3.26. The SMILES string of the molecule is O=C(c1ccc(Cl)cc1)C(C(=O)c1ccc(Cl)cc1)[C@H]1C[C@@H]2CC[C@H]1C2. The van der Waals surface area contributed by atoms with Crippen molar-refractivity contribution < 1.29 is 9.59 Å². The summed E-state index contributed by atoms with van der Waals surface area (Å²) in [6.07, 6.45) is 4.50. The standard InChI is InChI=1S/C22H20Cl2O2/c23-17-7-3-14(4-8-17)21(25)20(19-12-13-1-2-16(19)11-13)22(26)15-5-9-18(24)10-6-15/h3-10,13,16,19-20H,1-2,11-12H2/t13-,16+,19+/m1/s1. The lowest BCUT2D eigenvalue weighted by atomic mass is 9.73. The number of ketones is 2. The van der Waals surface area contributed by atoms with Crippen LogP contribution in [0.15, 0.2) is 48.5 Å². The Morgan fingerprint density at radius 3 is 1.65 bits per heavy atom. The minimum Gasteiger partial charge on any atom is -0.293 e. The molecule has 2 fully saturated rings. The summed E-state index contributed by atoms with van der Waals surface area (Å²) in [4.78, 5) is 26.6. The predicted molar refractivity (Wildman–Crippen MR) is 104 cm³/mol. The zero-order valence-electron chi connectivity index (χ0n) is 14.3. The fourth-order valence-corrected chi connectivity index (χ4v) is 5.05. The van der Waals surface area contributed by atoms with E-state index in [2.05, 4.69) is 0 Å². The summed E-state index contributed by atoms with van der Waals surface area (Å²) in [5.41, 5.74) is 1.12. The van der Waals surface area contributed by atoms with Gasteiger partial charge in [-0.05, 0) is 85.5 Å². The zero-order valence-corrected chi connectivity index (χ0v) is 15.8. The predicted octanol–water partition coefficient (Wildman–Crippen LogP) is 6.11. The normalized spacial score (nSPS) is 24.2. The molecule has 0 radical (unpaired) electrons. The minimum absolute atomic E-state index is 0.0841. The lowest BCUT2D eigenvalue weighted by Gasteiger charge is -2.29. The van der Waals surface area contributed by atoms with E-state index in [1.54, 1.807) is 48.5 Å². The van der Waals surface area contributed by atoms with Gasteiger partial charge in [0.25, 0.3) is 0 Å². The van der Waals surface area contributed by atoms with Crippen molar-refractivity contribution in [2.45, 2.75) is 25.7 Å². The molecule has 0 aliphatic heterocycles. The van der Waals surface area contributed by atoms with Gasteiger partial charge in [-0.3, -0.25) is 9.59 Å². The van der Waals surface area contributed by atoms with Crippen molar-refractivity contribution in [1.82, 2.24) is 0 Å². The van der Waals surface area contributed by atoms with Gasteiger partial charge in [0.1, 0.15) is 0 Å². The van der Waals surface area contributed by atoms with E-state index in [1.165, 1.54) is 6.42 Å². The molecule has 2 aliphatic rings. The first-order valence-electron chi connectivity index (χ1n) is 9.12. The number of carbonyl (C=O) groups is 2. The molecule has 2 aromatic carbocycles. The molecule has 0 heterocycles. The quantitative estimate of drug-likeness (QED) is 0.458. The van der Waals surface area contributed by atoms with Gasteiger partial charge < -0.3 is 0 Å². The fourth-order valence-electron chi connectivity index (χ4n) is 4.80. The maximum absolute atomic E-state index is 13.3. The first kappa shape index (κ1) is 17.8. The zero-order chi connectivity index (χ0) is 18.3. The Hall–Kier alpha value is -1.64. The highest BCUT2D eigenvalue weighted by atomic mass is 35.5. The molecule has 2 nitrogen and oxygen atoms in total. The molecule has 0 amide bonds. The summed E-state index contributed by atoms with van der Waals surface area (Å²) in [5, 5.41) is 1.17. The molecule has 2 aromatic rings. The Morgan fingerprint density at radius 2 is 1.27 bits per heavy atom. The van der Waals surface area contributed by atoms with Crippen molar-refractivity contribution in [1.29, 1.82) is 0 Å². The topological polar surface area (TPSA) is 34.1 Å². The van der Waals surface area contributed by atoms with Crippen LogP contribution in [0.1, 0.15) is 46.4 Å². The number of halogens is 2. The van der Waals surface area contributed by atoms with E-state index < -0.39 is 5.92 Å². The molecule has 0 aromatic heterocycles. The van der Waals surface area contributed by atoms with E-state index in [-0.39, 0.29) is 17.5 Å². The smallest absolute Gasteiger partial charge is 0.173 e. The Labute approximate surface area is 163 Å². The summed E-state index contributed by atoms with van der Waals surface area (Å²) in [6.45, 7) is 0. The number of rotatable bonds is 5. The highest BCUT2D eigenvalue weighted by molar-refractivity contribution is 6.31. The van der Waals surface area contributed by atoms with Crippen molar-refractivity contribution in [3.05, 3.63) is 69.7 Å². The van der Waals surface area contributed by atoms with E-state index in [0.717, 1.165) is 19.3 Å². The van der Waals surface area contributed by atoms with Gasteiger partial charge in [-0.2, -0.15) is 0 Å². The molecule has 4 heteroatoms. The van der Waals surface area contributed by atoms with Crippen LogP contribution in [-0.2, 0) is 0 Å². The van der Waals surface area contributed by atoms with Crippen LogP contribution in [0.4, 0.5) is 0 Å². The Morgan fingerprint density at radius 1 is 0.769 bits per heavy atom. The molecule has 2 saturated carbocycles. The number of Topliss-reactive ketones (excluding diaryl/α,β-unsaturated/α-hetero) is 2. The molecule has 0 saturated heterocycles. The maximum atomic E-state index is 13.3. The Kier molecular flexibility index (Phi) is 4.90. The van der Waals surface area contributed by atoms with Gasteiger partial charge in [0, 0.05) is 21.2 Å². The molecule has 0 spiro atoms. The second kappa shape index (κ2) is 7.17. The van der Waals surface area contributed by atoms with E-state index in [1.807, 2.05) is 0 Å². The first-order valence-corrected chi connectivity index (χ1v) is 9.88. The number of hydrogen-bond donors (Lipinski definition) is 0. The first-order chi connectivity index (χ1) is 12.5. The van der Waals surface area contributed by atoms with Gasteiger partial charge in [0.2, 0.25) is 0 Å². The molecule has 26 heavy (non-hydrogen) atoms. The molecule has 0 unspecified atom stereocenters. The molecule has 3 atom stereocenters. The van der Waals surface area contributed by atoms with E-state index in [4.69, 9.17) is 23.2 Å². The summed E-state index contributed by atoms with van der Waals surface area (Å²) in [6, 6.07) is 13.7. The van der Waals surface area contributed by atoms with Crippen LogP contribution < -0.4 is 0 Å². The maximum Gasteiger partial charge on any atom is 0.173 e. The molecule has 0 N–H and O–H groups in total. The van der Waals surface area contributed by atoms with Crippen LogP contribution in [0, 0.1) is 23.7 Å². The monoisotopic (exact) mass is 386 g/mol. The van der Waals surface area contributed by atoms with Gasteiger partial charge in [-0.1, -0.05) is 29.6 Å².